The molecule has 1 aromatic carbocycles. The van der Waals surface area contributed by atoms with E-state index >= 15 is 0 Å². The van der Waals surface area contributed by atoms with E-state index in [1.165, 1.54) is 23.1 Å². The van der Waals surface area contributed by atoms with Crippen molar-refractivity contribution in [2.75, 3.05) is 6.61 Å². The van der Waals surface area contributed by atoms with Crippen LogP contribution >= 0.6 is 23.1 Å². The molecule has 3 aromatic rings. The van der Waals surface area contributed by atoms with E-state index < -0.39 is 5.97 Å². The maximum atomic E-state index is 12.4. The topological polar surface area (TPSA) is 56.3 Å². The first-order valence-electron chi connectivity index (χ1n) is 7.58. The molecule has 0 spiro atoms. The van der Waals surface area contributed by atoms with Gasteiger partial charge < -0.3 is 4.74 Å². The second-order valence-corrected chi connectivity index (χ2v) is 7.53. The highest BCUT2D eigenvalue weighted by atomic mass is 32.2. The van der Waals surface area contributed by atoms with Crippen LogP contribution < -0.4 is 0 Å². The number of nitrogens with zero attached hydrogens (tertiary/aromatic N) is 1. The third-order valence-electron chi connectivity index (χ3n) is 3.30. The van der Waals surface area contributed by atoms with Crippen LogP contribution in [0, 0.1) is 6.92 Å². The molecular weight excluding hydrogens is 354 g/mol. The first kappa shape index (κ1) is 17.4. The first-order valence-corrected chi connectivity index (χ1v) is 9.21. The summed E-state index contributed by atoms with van der Waals surface area (Å²) in [4.78, 5) is 31.3. The highest BCUT2D eigenvalue weighted by Gasteiger charge is 2.17. The van der Waals surface area contributed by atoms with Crippen molar-refractivity contribution < 1.29 is 14.3 Å². The highest BCUT2D eigenvalue weighted by Crippen LogP contribution is 2.28. The number of aryl methyl sites for hydroxylation is 1. The van der Waals surface area contributed by atoms with Crippen LogP contribution in [0.2, 0.25) is 0 Å². The minimum absolute atomic E-state index is 0.201. The Morgan fingerprint density at radius 1 is 1.08 bits per heavy atom. The Bertz CT molecular complexity index is 890. The third kappa shape index (κ3) is 4.55. The van der Waals surface area contributed by atoms with Crippen LogP contribution in [0.4, 0.5) is 0 Å². The molecule has 0 fully saturated rings. The molecule has 0 unspecified atom stereocenters. The van der Waals surface area contributed by atoms with Crippen LogP contribution in [0.25, 0.3) is 0 Å². The van der Waals surface area contributed by atoms with Gasteiger partial charge in [-0.3, -0.25) is 4.79 Å². The monoisotopic (exact) mass is 369 g/mol. The molecule has 3 rings (SSSR count). The molecule has 25 heavy (non-hydrogen) atoms. The normalized spacial score (nSPS) is 10.4. The molecule has 0 atom stereocenters. The Labute approximate surface area is 153 Å². The van der Waals surface area contributed by atoms with Gasteiger partial charge in [0, 0.05) is 16.0 Å². The number of rotatable bonds is 6. The SMILES string of the molecule is Cc1ccc(C(=O)COC(=O)c2cccnc2Sc2ccccc2)s1. The lowest BCUT2D eigenvalue weighted by Gasteiger charge is -2.08. The zero-order valence-electron chi connectivity index (χ0n) is 13.5. The van der Waals surface area contributed by atoms with Crippen LogP contribution in [-0.2, 0) is 4.74 Å². The van der Waals surface area contributed by atoms with E-state index in [9.17, 15) is 9.59 Å². The Balaban J connectivity index is 1.69. The first-order chi connectivity index (χ1) is 12.1. The van der Waals surface area contributed by atoms with E-state index in [4.69, 9.17) is 4.74 Å². The van der Waals surface area contributed by atoms with Crippen molar-refractivity contribution in [1.82, 2.24) is 4.98 Å². The highest BCUT2D eigenvalue weighted by molar-refractivity contribution is 7.99. The van der Waals surface area contributed by atoms with E-state index in [0.717, 1.165) is 9.77 Å². The largest absolute Gasteiger partial charge is 0.454 e. The number of ketones is 1. The van der Waals surface area contributed by atoms with Gasteiger partial charge in [0.2, 0.25) is 5.78 Å². The molecule has 2 heterocycles. The number of aromatic nitrogens is 1. The van der Waals surface area contributed by atoms with Crippen LogP contribution in [0.15, 0.2) is 70.7 Å². The van der Waals surface area contributed by atoms with Gasteiger partial charge in [-0.1, -0.05) is 30.0 Å². The van der Waals surface area contributed by atoms with Gasteiger partial charge in [-0.05, 0) is 43.3 Å². The maximum Gasteiger partial charge on any atom is 0.341 e. The number of carbonyl (C=O) groups is 2. The molecule has 126 valence electrons. The predicted molar refractivity (Wildman–Crippen MR) is 98.5 cm³/mol. The quantitative estimate of drug-likeness (QED) is 0.468. The maximum absolute atomic E-state index is 12.4. The number of hydrogen-bond donors (Lipinski definition) is 0. The number of ether oxygens (including phenoxy) is 1. The molecule has 0 aliphatic heterocycles. The average molecular weight is 369 g/mol. The smallest absolute Gasteiger partial charge is 0.341 e. The summed E-state index contributed by atoms with van der Waals surface area (Å²) in [5.74, 6) is -0.749. The number of carbonyl (C=O) groups excluding carboxylic acids is 2. The Hall–Kier alpha value is -2.44. The van der Waals surface area contributed by atoms with Crippen molar-refractivity contribution in [3.8, 4) is 0 Å². The van der Waals surface area contributed by atoms with Gasteiger partial charge in [-0.2, -0.15) is 0 Å². The zero-order valence-corrected chi connectivity index (χ0v) is 15.1. The summed E-state index contributed by atoms with van der Waals surface area (Å²) in [5, 5.41) is 0.554. The molecule has 0 radical (unpaired) electrons. The van der Waals surface area contributed by atoms with E-state index in [-0.39, 0.29) is 12.4 Å². The summed E-state index contributed by atoms with van der Waals surface area (Å²) in [6, 6.07) is 16.6. The Kier molecular flexibility index (Phi) is 5.63. The summed E-state index contributed by atoms with van der Waals surface area (Å²) in [5.41, 5.74) is 0.353. The van der Waals surface area contributed by atoms with Gasteiger partial charge in [0.05, 0.1) is 10.4 Å². The van der Waals surface area contributed by atoms with Crippen LogP contribution in [-0.4, -0.2) is 23.3 Å². The lowest BCUT2D eigenvalue weighted by molar-refractivity contribution is 0.0471. The van der Waals surface area contributed by atoms with E-state index in [0.29, 0.717) is 15.5 Å². The molecule has 0 aliphatic rings. The molecule has 0 amide bonds. The van der Waals surface area contributed by atoms with Gasteiger partial charge in [-0.15, -0.1) is 11.3 Å². The third-order valence-corrected chi connectivity index (χ3v) is 5.37. The molecule has 0 saturated carbocycles. The van der Waals surface area contributed by atoms with Gasteiger partial charge in [0.1, 0.15) is 5.03 Å². The Morgan fingerprint density at radius 2 is 1.88 bits per heavy atom. The number of Topliss-reactive ketones (excluding diaryl/α,β-unsaturated/α-hetero) is 1. The number of benzene rings is 1. The average Bonchev–Trinajstić information content (AvgIpc) is 3.07. The number of thiophene rings is 1. The second kappa shape index (κ2) is 8.09. The summed E-state index contributed by atoms with van der Waals surface area (Å²) in [6.45, 7) is 1.65. The fraction of sp³-hybridized carbons (Fsp3) is 0.105. The predicted octanol–water partition coefficient (Wildman–Crippen LogP) is 4.64. The summed E-state index contributed by atoms with van der Waals surface area (Å²) >= 11 is 2.77. The van der Waals surface area contributed by atoms with Crippen molar-refractivity contribution in [1.29, 1.82) is 0 Å². The number of esters is 1. The molecule has 6 heteroatoms. The van der Waals surface area contributed by atoms with Gasteiger partial charge in [0.25, 0.3) is 0 Å². The van der Waals surface area contributed by atoms with Crippen molar-refractivity contribution in [3.63, 3.8) is 0 Å². The fourth-order valence-corrected chi connectivity index (χ4v) is 3.78. The standard InChI is InChI=1S/C19H15NO3S2/c1-13-9-10-17(24-13)16(21)12-23-19(22)15-8-5-11-20-18(15)25-14-6-3-2-4-7-14/h2-11H,12H2,1H3. The molecule has 0 bridgehead atoms. The molecule has 2 aromatic heterocycles. The van der Waals surface area contributed by atoms with Crippen LogP contribution in [0.3, 0.4) is 0 Å². The summed E-state index contributed by atoms with van der Waals surface area (Å²) in [7, 11) is 0. The fourth-order valence-electron chi connectivity index (χ4n) is 2.09. The van der Waals surface area contributed by atoms with Crippen molar-refractivity contribution in [2.45, 2.75) is 16.8 Å². The zero-order chi connectivity index (χ0) is 17.6. The minimum Gasteiger partial charge on any atom is -0.454 e. The minimum atomic E-state index is -0.548. The van der Waals surface area contributed by atoms with Crippen LogP contribution in [0.1, 0.15) is 24.9 Å². The number of pyridine rings is 1. The van der Waals surface area contributed by atoms with Crippen molar-refractivity contribution in [3.05, 3.63) is 76.1 Å². The molecular formula is C19H15NO3S2. The van der Waals surface area contributed by atoms with Gasteiger partial charge in [0.15, 0.2) is 6.61 Å². The van der Waals surface area contributed by atoms with Crippen LogP contribution in [0.5, 0.6) is 0 Å². The van der Waals surface area contributed by atoms with Crippen molar-refractivity contribution in [2.24, 2.45) is 0 Å². The molecule has 4 nitrogen and oxygen atoms in total. The molecule has 0 saturated heterocycles. The van der Waals surface area contributed by atoms with E-state index in [2.05, 4.69) is 4.98 Å². The lowest BCUT2D eigenvalue weighted by atomic mass is 10.3. The summed E-state index contributed by atoms with van der Waals surface area (Å²) < 4.78 is 5.20. The van der Waals surface area contributed by atoms with Gasteiger partial charge >= 0.3 is 5.97 Å². The number of hydrogen-bond acceptors (Lipinski definition) is 6. The molecule has 0 N–H and O–H groups in total. The second-order valence-electron chi connectivity index (χ2n) is 5.18. The van der Waals surface area contributed by atoms with E-state index in [1.807, 2.05) is 43.3 Å². The van der Waals surface area contributed by atoms with E-state index in [1.54, 1.807) is 24.4 Å². The summed E-state index contributed by atoms with van der Waals surface area (Å²) in [6.07, 6.45) is 1.63. The lowest BCUT2D eigenvalue weighted by Crippen LogP contribution is -2.14. The Morgan fingerprint density at radius 3 is 2.60 bits per heavy atom. The van der Waals surface area contributed by atoms with Gasteiger partial charge in [-0.25, -0.2) is 9.78 Å². The van der Waals surface area contributed by atoms with Crippen molar-refractivity contribution >= 4 is 34.9 Å². The molecule has 0 aliphatic carbocycles.